The fourth-order valence-electron chi connectivity index (χ4n) is 6.96. The Morgan fingerprint density at radius 1 is 1.06 bits per heavy atom. The van der Waals surface area contributed by atoms with Crippen LogP contribution in [-0.4, -0.2) is 116 Å². The molecule has 1 aromatic heterocycles. The summed E-state index contributed by atoms with van der Waals surface area (Å²) < 4.78 is 69.9. The van der Waals surface area contributed by atoms with Crippen LogP contribution in [0.1, 0.15) is 65.8 Å². The number of rotatable bonds is 9. The minimum Gasteiger partial charge on any atom is -0.455 e. The van der Waals surface area contributed by atoms with Crippen LogP contribution < -0.4 is 26.8 Å². The van der Waals surface area contributed by atoms with Gasteiger partial charge in [-0.3, -0.25) is 38.6 Å². The van der Waals surface area contributed by atoms with Crippen LogP contribution in [0.5, 0.6) is 0 Å². The summed E-state index contributed by atoms with van der Waals surface area (Å²) in [6.07, 6.45) is -2.41. The Bertz CT molecular complexity index is 1860. The molecule has 1 unspecified atom stereocenters. The predicted molar refractivity (Wildman–Crippen MR) is 190 cm³/mol. The number of likely N-dealkylation sites (tertiary alicyclic amines) is 2. The number of esters is 1. The van der Waals surface area contributed by atoms with Gasteiger partial charge < -0.3 is 31.3 Å². The Kier molecular flexibility index (Phi) is 10.9. The highest BCUT2D eigenvalue weighted by atomic mass is 35.5. The predicted octanol–water partition coefficient (Wildman–Crippen LogP) is 2.54. The maximum atomic E-state index is 13.5. The highest BCUT2D eigenvalue weighted by Crippen LogP contribution is 2.48. The number of nitrogens with one attached hydrogen (secondary N) is 3. The van der Waals surface area contributed by atoms with Gasteiger partial charge >= 0.3 is 12.1 Å². The first kappa shape index (κ1) is 39.3. The monoisotopic (exact) mass is 800 g/mol. The molecule has 22 heteroatoms. The number of nitrogens with two attached hydrogens (primary N) is 2. The molecule has 1 atom stereocenters. The first-order valence-electron chi connectivity index (χ1n) is 17.1. The van der Waals surface area contributed by atoms with Gasteiger partial charge in [-0.05, 0) is 56.7 Å². The molecule has 3 amide bonds. The molecule has 4 aliphatic rings. The Morgan fingerprint density at radius 2 is 1.78 bits per heavy atom. The first-order valence-corrected chi connectivity index (χ1v) is 19.0. The van der Waals surface area contributed by atoms with Crippen LogP contribution in [0.25, 0.3) is 0 Å². The zero-order chi connectivity index (χ0) is 39.1. The minimum absolute atomic E-state index is 0.00559. The summed E-state index contributed by atoms with van der Waals surface area (Å²) in [5.74, 6) is -2.90. The van der Waals surface area contributed by atoms with Crippen molar-refractivity contribution in [3.05, 3.63) is 40.7 Å². The van der Waals surface area contributed by atoms with E-state index < -0.39 is 58.3 Å². The zero-order valence-corrected chi connectivity index (χ0v) is 30.4. The van der Waals surface area contributed by atoms with Crippen LogP contribution >= 0.6 is 22.4 Å². The number of halogens is 4. The number of amides is 3. The average molecular weight is 801 g/mol. The molecule has 3 aliphatic heterocycles. The van der Waals surface area contributed by atoms with E-state index in [1.807, 2.05) is 0 Å². The molecule has 1 spiro atoms. The molecule has 294 valence electrons. The quantitative estimate of drug-likeness (QED) is 0.180. The summed E-state index contributed by atoms with van der Waals surface area (Å²) in [6, 6.07) is 3.91. The number of piperidine rings is 1. The summed E-state index contributed by atoms with van der Waals surface area (Å²) in [6.45, 7) is -0.186. The molecule has 9 N–H and O–H groups in total. The molecular weight excluding hydrogens is 761 g/mol. The van der Waals surface area contributed by atoms with Gasteiger partial charge in [-0.25, -0.2) is 14.7 Å². The lowest BCUT2D eigenvalue weighted by atomic mass is 9.69. The molecule has 2 aromatic rings. The second kappa shape index (κ2) is 15.0. The van der Waals surface area contributed by atoms with Gasteiger partial charge in [-0.1, -0.05) is 24.1 Å². The van der Waals surface area contributed by atoms with Crippen LogP contribution in [0.15, 0.2) is 34.2 Å². The maximum Gasteiger partial charge on any atom is 0.408 e. The fourth-order valence-corrected chi connectivity index (χ4v) is 8.29. The van der Waals surface area contributed by atoms with E-state index in [2.05, 4.69) is 30.3 Å². The van der Waals surface area contributed by atoms with E-state index in [4.69, 9.17) is 27.8 Å². The summed E-state index contributed by atoms with van der Waals surface area (Å²) in [4.78, 5) is 66.3. The smallest absolute Gasteiger partial charge is 0.408 e. The summed E-state index contributed by atoms with van der Waals surface area (Å²) in [5, 5.41) is 5.66. The number of alkyl halides is 3. The van der Waals surface area contributed by atoms with E-state index in [1.54, 1.807) is 11.0 Å². The fraction of sp³-hybridized carbons (Fsp3) is 0.531. The number of guanidine groups is 1. The number of carbonyl (C=O) groups excluding carboxylic acids is 4. The number of anilines is 2. The van der Waals surface area contributed by atoms with E-state index >= 15 is 0 Å². The first-order chi connectivity index (χ1) is 25.4. The summed E-state index contributed by atoms with van der Waals surface area (Å²) >= 11 is 5.88. The van der Waals surface area contributed by atoms with E-state index in [-0.39, 0.29) is 70.7 Å². The summed E-state index contributed by atoms with van der Waals surface area (Å²) in [7, 11) is -3.74. The lowest BCUT2D eigenvalue weighted by molar-refractivity contribution is -0.186. The van der Waals surface area contributed by atoms with E-state index in [0.29, 0.717) is 56.6 Å². The van der Waals surface area contributed by atoms with E-state index in [9.17, 15) is 41.5 Å². The maximum absolute atomic E-state index is 13.5. The molecule has 17 nitrogen and oxygen atoms in total. The van der Waals surface area contributed by atoms with Crippen molar-refractivity contribution in [2.45, 2.75) is 67.6 Å². The molecule has 6 rings (SSSR count). The third-order valence-corrected chi connectivity index (χ3v) is 12.1. The Hall–Kier alpha value is -4.44. The highest BCUT2D eigenvalue weighted by molar-refractivity contribution is 8.22. The Balaban J connectivity index is 1.00. The molecule has 54 heavy (non-hydrogen) atoms. The van der Waals surface area contributed by atoms with E-state index in [0.717, 1.165) is 0 Å². The normalized spacial score (nSPS) is 20.9. The largest absolute Gasteiger partial charge is 0.455 e. The number of nitrogens with zero attached hydrogens (tertiary/aromatic N) is 5. The summed E-state index contributed by atoms with van der Waals surface area (Å²) in [5.41, 5.74) is 9.60. The van der Waals surface area contributed by atoms with Crippen LogP contribution in [0.4, 0.5) is 24.8 Å². The van der Waals surface area contributed by atoms with Crippen molar-refractivity contribution in [1.82, 2.24) is 35.1 Å². The van der Waals surface area contributed by atoms with Crippen molar-refractivity contribution in [2.24, 2.45) is 10.4 Å². The second-order valence-corrected chi connectivity index (χ2v) is 16.1. The van der Waals surface area contributed by atoms with Crippen LogP contribution in [0.3, 0.4) is 0 Å². The number of nitrogen functional groups attached to an aromatic ring is 2. The van der Waals surface area contributed by atoms with Crippen molar-refractivity contribution in [1.29, 1.82) is 0 Å². The number of carbonyl (C=O) groups is 4. The van der Waals surface area contributed by atoms with Gasteiger partial charge in [0.2, 0.25) is 0 Å². The molecule has 4 heterocycles. The zero-order valence-electron chi connectivity index (χ0n) is 28.8. The molecule has 1 aromatic carbocycles. The van der Waals surface area contributed by atoms with Gasteiger partial charge in [0.05, 0.1) is 22.4 Å². The molecule has 1 saturated carbocycles. The van der Waals surface area contributed by atoms with Gasteiger partial charge in [0.15, 0.2) is 35.0 Å². The molecule has 0 bridgehead atoms. The molecule has 1 aliphatic carbocycles. The topological polar surface area (TPSA) is 251 Å². The number of hydrogen-bond donors (Lipinski definition) is 7. The van der Waals surface area contributed by atoms with Crippen molar-refractivity contribution in [2.75, 3.05) is 50.8 Å². The average Bonchev–Trinajstić information content (AvgIpc) is 3.76. The van der Waals surface area contributed by atoms with Crippen LogP contribution in [0, 0.1) is 5.41 Å². The molecular formula is C32H40ClF3N10O7S. The van der Waals surface area contributed by atoms with E-state index in [1.165, 1.54) is 18.2 Å². The van der Waals surface area contributed by atoms with Gasteiger partial charge in [0.1, 0.15) is 6.04 Å². The van der Waals surface area contributed by atoms with Crippen molar-refractivity contribution < 1.29 is 46.2 Å². The van der Waals surface area contributed by atoms with Crippen molar-refractivity contribution >= 4 is 63.7 Å². The second-order valence-electron chi connectivity index (χ2n) is 13.8. The SMILES string of the molecule is Nc1nc(N)c(C(=O)NC2=NCC3(CCN(C(=O)c4cccc(S(O)(O)NCC5(C(=O)OCC(=O)N6CCCC6C(F)(F)F)CCC5)c4)CC3)N2)nc1Cl. The molecule has 2 saturated heterocycles. The number of ether oxygens (including phenoxy) is 1. The number of benzene rings is 1. The Morgan fingerprint density at radius 3 is 2.44 bits per heavy atom. The van der Waals surface area contributed by atoms with Gasteiger partial charge in [0, 0.05) is 31.7 Å². The lowest BCUT2D eigenvalue weighted by Crippen LogP contribution is -2.57. The lowest BCUT2D eigenvalue weighted by Gasteiger charge is -2.43. The van der Waals surface area contributed by atoms with Gasteiger partial charge in [-0.15, -0.1) is 10.8 Å². The molecule has 3 fully saturated rings. The van der Waals surface area contributed by atoms with Crippen molar-refractivity contribution in [3.63, 3.8) is 0 Å². The number of aliphatic imine (C=N–C) groups is 1. The highest BCUT2D eigenvalue weighted by Gasteiger charge is 2.49. The number of hydrogen-bond acceptors (Lipinski definition) is 14. The van der Waals surface area contributed by atoms with Gasteiger partial charge in [-0.2, -0.15) is 13.2 Å². The van der Waals surface area contributed by atoms with Crippen LogP contribution in [-0.2, 0) is 14.3 Å². The third-order valence-electron chi connectivity index (χ3n) is 10.3. The van der Waals surface area contributed by atoms with Gasteiger partial charge in [0.25, 0.3) is 17.7 Å². The standard InChI is InChI=1S/C32H40ClF3N10O7S/c33-23-25(38)42-24(37)22(41-23)26(48)43-29-39-17-31(44-29)9-12-45(13-10-31)27(49)18-4-1-5-19(14-18)54(51,52)40-16-30(7-3-8-30)28(50)53-15-21(47)46-11-2-6-20(46)32(34,35)36/h1,4-5,14,20,40,51-52H,2-3,6-13,15-17H2,(H4,37,38,42)(H2,39,43,44,48). The Labute approximate surface area is 313 Å². The van der Waals surface area contributed by atoms with Crippen LogP contribution in [0.2, 0.25) is 5.15 Å². The van der Waals surface area contributed by atoms with Crippen molar-refractivity contribution in [3.8, 4) is 0 Å². The third kappa shape index (κ3) is 8.14. The molecule has 0 radical (unpaired) electrons. The number of aromatic nitrogens is 2. The minimum atomic E-state index is -4.58.